The van der Waals surface area contributed by atoms with E-state index in [1.807, 2.05) is 32.9 Å². The Morgan fingerprint density at radius 1 is 1.06 bits per heavy atom. The molecule has 0 spiro atoms. The summed E-state index contributed by atoms with van der Waals surface area (Å²) in [6.45, 7) is 7.45. The predicted octanol–water partition coefficient (Wildman–Crippen LogP) is 3.67. The number of carbonyl (C=O) groups is 2. The number of sulfonamides is 1. The molecule has 2 amide bonds. The fourth-order valence-electron chi connectivity index (χ4n) is 3.58. The molecule has 0 heterocycles. The molecule has 0 aliphatic rings. The molecule has 1 atom stereocenters. The molecule has 0 aliphatic heterocycles. The van der Waals surface area contributed by atoms with Gasteiger partial charge in [-0.15, -0.1) is 0 Å². The van der Waals surface area contributed by atoms with Crippen LogP contribution in [-0.4, -0.2) is 50.5 Å². The number of hydrogen-bond acceptors (Lipinski definition) is 4. The Balaban J connectivity index is 2.46. The normalized spacial score (nSPS) is 12.2. The molecule has 33 heavy (non-hydrogen) atoms. The van der Waals surface area contributed by atoms with E-state index < -0.39 is 28.5 Å². The summed E-state index contributed by atoms with van der Waals surface area (Å²) in [6.07, 6.45) is 1.46. The first-order valence-electron chi connectivity index (χ1n) is 10.8. The summed E-state index contributed by atoms with van der Waals surface area (Å²) in [5, 5.41) is 3.33. The van der Waals surface area contributed by atoms with Crippen molar-refractivity contribution < 1.29 is 18.0 Å². The van der Waals surface area contributed by atoms with Crippen LogP contribution in [0.15, 0.2) is 42.5 Å². The monoisotopic (exact) mass is 493 g/mol. The average molecular weight is 494 g/mol. The third-order valence-corrected chi connectivity index (χ3v) is 6.69. The second-order valence-electron chi connectivity index (χ2n) is 8.03. The third kappa shape index (κ3) is 7.20. The minimum Gasteiger partial charge on any atom is -0.355 e. The predicted molar refractivity (Wildman–Crippen MR) is 133 cm³/mol. The SMILES string of the molecule is CCNC(=O)C(CC)N(Cc1ccc(Cl)cc1)C(=O)CN(c1cc(C)ccc1C)S(C)(=O)=O. The van der Waals surface area contributed by atoms with Gasteiger partial charge < -0.3 is 10.2 Å². The number of nitrogens with zero attached hydrogens (tertiary/aromatic N) is 2. The van der Waals surface area contributed by atoms with Crippen molar-refractivity contribution in [2.75, 3.05) is 23.7 Å². The molecule has 1 N–H and O–H groups in total. The highest BCUT2D eigenvalue weighted by Gasteiger charge is 2.31. The maximum absolute atomic E-state index is 13.6. The van der Waals surface area contributed by atoms with E-state index >= 15 is 0 Å². The molecule has 180 valence electrons. The van der Waals surface area contributed by atoms with Crippen LogP contribution in [0.1, 0.15) is 37.0 Å². The van der Waals surface area contributed by atoms with Gasteiger partial charge in [-0.2, -0.15) is 0 Å². The van der Waals surface area contributed by atoms with Gasteiger partial charge in [0.25, 0.3) is 0 Å². The molecule has 0 saturated carbocycles. The fraction of sp³-hybridized carbons (Fsp3) is 0.417. The Morgan fingerprint density at radius 3 is 2.24 bits per heavy atom. The van der Waals surface area contributed by atoms with Gasteiger partial charge in [-0.3, -0.25) is 13.9 Å². The van der Waals surface area contributed by atoms with Crippen molar-refractivity contribution in [2.24, 2.45) is 0 Å². The highest BCUT2D eigenvalue weighted by Crippen LogP contribution is 2.25. The maximum atomic E-state index is 13.6. The lowest BCUT2D eigenvalue weighted by Crippen LogP contribution is -2.52. The summed E-state index contributed by atoms with van der Waals surface area (Å²) in [7, 11) is -3.76. The lowest BCUT2D eigenvalue weighted by molar-refractivity contribution is -0.140. The molecule has 9 heteroatoms. The second-order valence-corrected chi connectivity index (χ2v) is 10.4. The van der Waals surface area contributed by atoms with Crippen LogP contribution < -0.4 is 9.62 Å². The van der Waals surface area contributed by atoms with Crippen molar-refractivity contribution in [3.8, 4) is 0 Å². The Morgan fingerprint density at radius 2 is 1.70 bits per heavy atom. The standard InChI is InChI=1S/C24H32ClN3O4S/c1-6-21(24(30)26-7-2)27(15-19-10-12-20(25)13-11-19)23(29)16-28(33(5,31)32)22-14-17(3)8-9-18(22)4/h8-14,21H,6-7,15-16H2,1-5H3,(H,26,30). The molecule has 2 aromatic carbocycles. The maximum Gasteiger partial charge on any atom is 0.244 e. The Labute approximate surface area is 201 Å². The molecule has 0 radical (unpaired) electrons. The van der Waals surface area contributed by atoms with E-state index in [-0.39, 0.29) is 12.5 Å². The summed E-state index contributed by atoms with van der Waals surface area (Å²) >= 11 is 5.99. The Bertz CT molecular complexity index is 1090. The molecule has 7 nitrogen and oxygen atoms in total. The van der Waals surface area contributed by atoms with Gasteiger partial charge in [0, 0.05) is 18.1 Å². The summed E-state index contributed by atoms with van der Waals surface area (Å²) < 4.78 is 26.5. The number of amides is 2. The molecule has 0 aromatic heterocycles. The van der Waals surface area contributed by atoms with Gasteiger partial charge in [0.1, 0.15) is 12.6 Å². The van der Waals surface area contributed by atoms with Crippen LogP contribution in [-0.2, 0) is 26.2 Å². The van der Waals surface area contributed by atoms with E-state index in [9.17, 15) is 18.0 Å². The largest absolute Gasteiger partial charge is 0.355 e. The zero-order chi connectivity index (χ0) is 24.8. The zero-order valence-electron chi connectivity index (χ0n) is 19.8. The summed E-state index contributed by atoms with van der Waals surface area (Å²) in [5.74, 6) is -0.741. The molecule has 1 unspecified atom stereocenters. The smallest absolute Gasteiger partial charge is 0.244 e. The van der Waals surface area contributed by atoms with E-state index in [4.69, 9.17) is 11.6 Å². The van der Waals surface area contributed by atoms with Gasteiger partial charge in [-0.25, -0.2) is 8.42 Å². The number of likely N-dealkylation sites (N-methyl/N-ethyl adjacent to an activating group) is 1. The Kier molecular flexibility index (Phi) is 9.31. The topological polar surface area (TPSA) is 86.8 Å². The number of rotatable bonds is 10. The van der Waals surface area contributed by atoms with Crippen LogP contribution in [0, 0.1) is 13.8 Å². The molecule has 0 fully saturated rings. The molecule has 2 aromatic rings. The first-order valence-corrected chi connectivity index (χ1v) is 13.1. The van der Waals surface area contributed by atoms with Crippen LogP contribution in [0.25, 0.3) is 0 Å². The number of benzene rings is 2. The van der Waals surface area contributed by atoms with E-state index in [1.54, 1.807) is 37.3 Å². The van der Waals surface area contributed by atoms with Gasteiger partial charge in [-0.1, -0.05) is 42.8 Å². The van der Waals surface area contributed by atoms with Gasteiger partial charge in [0.2, 0.25) is 21.8 Å². The lowest BCUT2D eigenvalue weighted by atomic mass is 10.1. The Hall–Kier alpha value is -2.58. The van der Waals surface area contributed by atoms with Crippen LogP contribution in [0.4, 0.5) is 5.69 Å². The third-order valence-electron chi connectivity index (χ3n) is 5.32. The molecule has 0 bridgehead atoms. The average Bonchev–Trinajstić information content (AvgIpc) is 2.74. The molecule has 0 saturated heterocycles. The number of nitrogens with one attached hydrogen (secondary N) is 1. The number of anilines is 1. The van der Waals surface area contributed by atoms with Crippen molar-refractivity contribution in [3.63, 3.8) is 0 Å². The summed E-state index contributed by atoms with van der Waals surface area (Å²) in [4.78, 5) is 27.8. The molecular weight excluding hydrogens is 462 g/mol. The highest BCUT2D eigenvalue weighted by atomic mass is 35.5. The van der Waals surface area contributed by atoms with Crippen molar-refractivity contribution in [1.82, 2.24) is 10.2 Å². The minimum atomic E-state index is -3.76. The van der Waals surface area contributed by atoms with E-state index in [0.29, 0.717) is 23.7 Å². The number of aryl methyl sites for hydroxylation is 2. The summed E-state index contributed by atoms with van der Waals surface area (Å²) in [5.41, 5.74) is 2.85. The number of hydrogen-bond donors (Lipinski definition) is 1. The summed E-state index contributed by atoms with van der Waals surface area (Å²) in [6, 6.07) is 11.7. The van der Waals surface area contributed by atoms with E-state index in [2.05, 4.69) is 5.32 Å². The molecule has 2 rings (SSSR count). The van der Waals surface area contributed by atoms with Gasteiger partial charge in [0.05, 0.1) is 11.9 Å². The quantitative estimate of drug-likeness (QED) is 0.547. The van der Waals surface area contributed by atoms with Crippen LogP contribution in [0.3, 0.4) is 0 Å². The second kappa shape index (κ2) is 11.5. The lowest BCUT2D eigenvalue weighted by Gasteiger charge is -2.33. The van der Waals surface area contributed by atoms with Crippen LogP contribution in [0.5, 0.6) is 0 Å². The minimum absolute atomic E-state index is 0.149. The van der Waals surface area contributed by atoms with Crippen molar-refractivity contribution in [1.29, 1.82) is 0 Å². The first kappa shape index (κ1) is 26.7. The fourth-order valence-corrected chi connectivity index (χ4v) is 4.61. The van der Waals surface area contributed by atoms with Crippen LogP contribution >= 0.6 is 11.6 Å². The van der Waals surface area contributed by atoms with E-state index in [1.165, 1.54) is 4.90 Å². The van der Waals surface area contributed by atoms with Gasteiger partial charge in [0.15, 0.2) is 0 Å². The van der Waals surface area contributed by atoms with Crippen molar-refractivity contribution in [3.05, 3.63) is 64.2 Å². The van der Waals surface area contributed by atoms with E-state index in [0.717, 1.165) is 27.3 Å². The van der Waals surface area contributed by atoms with Gasteiger partial charge >= 0.3 is 0 Å². The zero-order valence-corrected chi connectivity index (χ0v) is 21.3. The number of halogens is 1. The van der Waals surface area contributed by atoms with Crippen molar-refractivity contribution >= 4 is 39.1 Å². The van der Waals surface area contributed by atoms with Crippen LogP contribution in [0.2, 0.25) is 5.02 Å². The van der Waals surface area contributed by atoms with Crippen molar-refractivity contribution in [2.45, 2.75) is 46.7 Å². The molecule has 0 aliphatic carbocycles. The molecular formula is C24H32ClN3O4S. The van der Waals surface area contributed by atoms with Gasteiger partial charge in [-0.05, 0) is 62.1 Å². The first-order chi connectivity index (χ1) is 15.5. The highest BCUT2D eigenvalue weighted by molar-refractivity contribution is 7.92. The number of carbonyl (C=O) groups excluding carboxylic acids is 2.